The van der Waals surface area contributed by atoms with Crippen LogP contribution in [0.4, 0.5) is 0 Å². The van der Waals surface area contributed by atoms with E-state index in [1.807, 2.05) is 13.8 Å². The Labute approximate surface area is 95.3 Å². The van der Waals surface area contributed by atoms with Gasteiger partial charge in [-0.3, -0.25) is 0 Å². The molecule has 11 heavy (non-hydrogen) atoms. The van der Waals surface area contributed by atoms with Gasteiger partial charge in [-0.15, -0.1) is 0 Å². The van der Waals surface area contributed by atoms with Crippen molar-refractivity contribution >= 4 is 0 Å². The first-order valence-corrected chi connectivity index (χ1v) is 3.45. The first-order chi connectivity index (χ1) is 4.77. The van der Waals surface area contributed by atoms with Crippen molar-refractivity contribution in [2.24, 2.45) is 0 Å². The van der Waals surface area contributed by atoms with E-state index in [0.29, 0.717) is 5.70 Å². The van der Waals surface area contributed by atoms with E-state index in [1.54, 1.807) is 31.2 Å². The molecule has 0 spiro atoms. The zero-order chi connectivity index (χ0) is 8.41. The maximum absolute atomic E-state index is 6.93. The summed E-state index contributed by atoms with van der Waals surface area (Å²) in [6.45, 7) is 9.21. The third-order valence-corrected chi connectivity index (χ3v) is 0.593. The van der Waals surface area contributed by atoms with Crippen molar-refractivity contribution in [3.63, 3.8) is 0 Å². The van der Waals surface area contributed by atoms with Crippen LogP contribution >= 0.6 is 0 Å². The fourth-order valence-electron chi connectivity index (χ4n) is 0.278. The summed E-state index contributed by atoms with van der Waals surface area (Å²) in [6.07, 6.45) is 6.97. The van der Waals surface area contributed by atoms with Crippen LogP contribution in [-0.4, -0.2) is 0 Å². The third kappa shape index (κ3) is 25.4. The molecule has 0 bridgehead atoms. The van der Waals surface area contributed by atoms with E-state index in [-0.39, 0.29) is 32.7 Å². The molecule has 1 nitrogen and oxygen atoms in total. The fourth-order valence-corrected chi connectivity index (χ4v) is 0.278. The average molecular weight is 227 g/mol. The number of hydrogen-bond donors (Lipinski definition) is 0. The topological polar surface area (TPSA) is 23.8 Å². The van der Waals surface area contributed by atoms with Crippen molar-refractivity contribution in [2.75, 3.05) is 0 Å². The minimum Gasteiger partial charge on any atom is -0.702 e. The Balaban J connectivity index is -0.000000196. The second-order valence-electron chi connectivity index (χ2n) is 1.47. The molecule has 0 saturated carbocycles. The Bertz CT molecular complexity index is 122. The Morgan fingerprint density at radius 3 is 2.00 bits per heavy atom. The SMILES string of the molecule is C=C/C=C\C=C(/C)[NH-].CC.[Y]. The van der Waals surface area contributed by atoms with Crippen LogP contribution in [0.15, 0.2) is 36.6 Å². The van der Waals surface area contributed by atoms with Crippen LogP contribution in [0.25, 0.3) is 5.73 Å². The predicted octanol–water partition coefficient (Wildman–Crippen LogP) is 3.71. The van der Waals surface area contributed by atoms with Gasteiger partial charge in [0.2, 0.25) is 0 Å². The van der Waals surface area contributed by atoms with Crippen LogP contribution in [0, 0.1) is 0 Å². The van der Waals surface area contributed by atoms with Gasteiger partial charge in [0.15, 0.2) is 0 Å². The maximum Gasteiger partial charge on any atom is 0 e. The normalized spacial score (nSPS) is 9.55. The van der Waals surface area contributed by atoms with Crippen molar-refractivity contribution in [1.82, 2.24) is 0 Å². The molecule has 61 valence electrons. The molecule has 2 heteroatoms. The van der Waals surface area contributed by atoms with Crippen LogP contribution in [0.3, 0.4) is 0 Å². The Hall–Kier alpha value is 0.124. The van der Waals surface area contributed by atoms with Crippen LogP contribution in [0.1, 0.15) is 20.8 Å². The summed E-state index contributed by atoms with van der Waals surface area (Å²) in [5.74, 6) is 0. The molecule has 0 aromatic carbocycles. The van der Waals surface area contributed by atoms with Crippen LogP contribution in [0.5, 0.6) is 0 Å². The molecule has 0 aliphatic heterocycles. The van der Waals surface area contributed by atoms with Gasteiger partial charge >= 0.3 is 0 Å². The van der Waals surface area contributed by atoms with Gasteiger partial charge in [0.1, 0.15) is 0 Å². The van der Waals surface area contributed by atoms with Crippen molar-refractivity contribution in [1.29, 1.82) is 0 Å². The molecular formula is C9H16NY-. The summed E-state index contributed by atoms with van der Waals surface area (Å²) in [4.78, 5) is 0. The summed E-state index contributed by atoms with van der Waals surface area (Å²) in [5, 5.41) is 0. The zero-order valence-electron chi connectivity index (χ0n) is 7.59. The molecular weight excluding hydrogens is 211 g/mol. The third-order valence-electron chi connectivity index (χ3n) is 0.593. The van der Waals surface area contributed by atoms with Gasteiger partial charge in [0, 0.05) is 32.7 Å². The molecule has 0 atom stereocenters. The molecule has 0 amide bonds. The molecule has 0 saturated heterocycles. The predicted molar refractivity (Wildman–Crippen MR) is 48.8 cm³/mol. The van der Waals surface area contributed by atoms with Gasteiger partial charge in [-0.25, -0.2) is 0 Å². The van der Waals surface area contributed by atoms with Crippen molar-refractivity contribution < 1.29 is 32.7 Å². The minimum absolute atomic E-state index is 0. The second-order valence-corrected chi connectivity index (χ2v) is 1.47. The van der Waals surface area contributed by atoms with Crippen LogP contribution < -0.4 is 0 Å². The van der Waals surface area contributed by atoms with Gasteiger partial charge < -0.3 is 5.73 Å². The van der Waals surface area contributed by atoms with Crippen LogP contribution in [0.2, 0.25) is 0 Å². The van der Waals surface area contributed by atoms with Crippen molar-refractivity contribution in [2.45, 2.75) is 20.8 Å². The quantitative estimate of drug-likeness (QED) is 0.642. The van der Waals surface area contributed by atoms with E-state index in [1.165, 1.54) is 0 Å². The van der Waals surface area contributed by atoms with Crippen molar-refractivity contribution in [3.8, 4) is 0 Å². The maximum atomic E-state index is 6.93. The zero-order valence-corrected chi connectivity index (χ0v) is 10.4. The molecule has 0 fully saturated rings. The minimum atomic E-state index is 0. The molecule has 0 unspecified atom stereocenters. The van der Waals surface area contributed by atoms with E-state index in [0.717, 1.165) is 0 Å². The van der Waals surface area contributed by atoms with E-state index in [2.05, 4.69) is 6.58 Å². The summed E-state index contributed by atoms with van der Waals surface area (Å²) in [5.41, 5.74) is 7.49. The average Bonchev–Trinajstić information content (AvgIpc) is 1.92. The van der Waals surface area contributed by atoms with Crippen molar-refractivity contribution in [3.05, 3.63) is 42.3 Å². The van der Waals surface area contributed by atoms with Gasteiger partial charge in [-0.1, -0.05) is 51.7 Å². The number of nitrogens with one attached hydrogen (secondary N) is 1. The molecule has 0 aromatic heterocycles. The molecule has 1 radical (unpaired) electrons. The Morgan fingerprint density at radius 2 is 1.73 bits per heavy atom. The van der Waals surface area contributed by atoms with Gasteiger partial charge in [-0.2, -0.15) is 5.70 Å². The number of hydrogen-bond acceptors (Lipinski definition) is 0. The molecule has 0 aliphatic carbocycles. The van der Waals surface area contributed by atoms with E-state index >= 15 is 0 Å². The summed E-state index contributed by atoms with van der Waals surface area (Å²) < 4.78 is 0. The largest absolute Gasteiger partial charge is 0.702 e. The molecule has 1 N–H and O–H groups in total. The van der Waals surface area contributed by atoms with Gasteiger partial charge in [-0.05, 0) is 0 Å². The number of allylic oxidation sites excluding steroid dienone is 5. The van der Waals surface area contributed by atoms with E-state index in [4.69, 9.17) is 5.73 Å². The Morgan fingerprint density at radius 1 is 1.27 bits per heavy atom. The first kappa shape index (κ1) is 17.3. The molecule has 0 rings (SSSR count). The molecule has 0 aliphatic rings. The first-order valence-electron chi connectivity index (χ1n) is 3.45. The summed E-state index contributed by atoms with van der Waals surface area (Å²) >= 11 is 0. The smallest absolute Gasteiger partial charge is 0 e. The summed E-state index contributed by atoms with van der Waals surface area (Å²) in [6, 6.07) is 0. The van der Waals surface area contributed by atoms with Gasteiger partial charge in [0.05, 0.1) is 0 Å². The van der Waals surface area contributed by atoms with Crippen LogP contribution in [-0.2, 0) is 32.7 Å². The monoisotopic (exact) mass is 227 g/mol. The summed E-state index contributed by atoms with van der Waals surface area (Å²) in [7, 11) is 0. The Kier molecular flexibility index (Phi) is 26.1. The van der Waals surface area contributed by atoms with Gasteiger partial charge in [0.25, 0.3) is 0 Å². The second kappa shape index (κ2) is 16.6. The van der Waals surface area contributed by atoms with E-state index < -0.39 is 0 Å². The standard InChI is InChI=1S/C7H10N.C2H6.Y/c1-3-4-5-6-7(2)8;1-2;/h3-6,8H,1H2,2H3;1-2H3;/q-1;;/b5-4-,7-6+;;. The molecule has 0 aromatic rings. The number of rotatable bonds is 2. The van der Waals surface area contributed by atoms with E-state index in [9.17, 15) is 0 Å². The fraction of sp³-hybridized carbons (Fsp3) is 0.333. The molecule has 0 heterocycles.